The predicted octanol–water partition coefficient (Wildman–Crippen LogP) is 5.75. The van der Waals surface area contributed by atoms with Gasteiger partial charge in [0.25, 0.3) is 5.91 Å². The van der Waals surface area contributed by atoms with Crippen LogP contribution in [-0.4, -0.2) is 31.3 Å². The van der Waals surface area contributed by atoms with Crippen LogP contribution in [0.5, 0.6) is 17.2 Å². The van der Waals surface area contributed by atoms with Crippen LogP contribution < -0.4 is 19.6 Å². The van der Waals surface area contributed by atoms with E-state index in [1.165, 1.54) is 13.3 Å². The molecule has 0 bridgehead atoms. The van der Waals surface area contributed by atoms with E-state index >= 15 is 0 Å². The molecule has 0 heterocycles. The van der Waals surface area contributed by atoms with Crippen LogP contribution in [0.1, 0.15) is 22.8 Å². The van der Waals surface area contributed by atoms with Crippen LogP contribution >= 0.6 is 15.9 Å². The average molecular weight is 547 g/mol. The number of benzene rings is 4. The second-order valence-corrected chi connectivity index (χ2v) is 8.70. The Morgan fingerprint density at radius 3 is 2.50 bits per heavy atom. The summed E-state index contributed by atoms with van der Waals surface area (Å²) in [5.41, 5.74) is 3.52. The molecule has 0 aliphatic carbocycles. The van der Waals surface area contributed by atoms with Crippen molar-refractivity contribution < 1.29 is 23.8 Å². The van der Waals surface area contributed by atoms with E-state index in [-0.39, 0.29) is 5.75 Å². The first-order chi connectivity index (χ1) is 17.4. The molecule has 1 amide bonds. The Balaban J connectivity index is 1.38. The minimum Gasteiger partial charge on any atom is -0.493 e. The fraction of sp³-hybridized carbons (Fsp3) is 0.107. The number of hydrazone groups is 1. The number of rotatable bonds is 8. The largest absolute Gasteiger partial charge is 0.493 e. The molecule has 8 heteroatoms. The lowest BCUT2D eigenvalue weighted by molar-refractivity contribution is -0.127. The van der Waals surface area contributed by atoms with Gasteiger partial charge >= 0.3 is 5.97 Å². The fourth-order valence-electron chi connectivity index (χ4n) is 3.43. The SMILES string of the molecule is COc1cc(C=NNC(=O)C(C)Oc2cccc3ccccc23)ccc1OC(=O)c1cccc(Br)c1. The maximum atomic E-state index is 12.5. The van der Waals surface area contributed by atoms with Gasteiger partial charge < -0.3 is 14.2 Å². The highest BCUT2D eigenvalue weighted by Crippen LogP contribution is 2.29. The van der Waals surface area contributed by atoms with Crippen molar-refractivity contribution in [2.45, 2.75) is 13.0 Å². The zero-order chi connectivity index (χ0) is 25.5. The Morgan fingerprint density at radius 1 is 0.917 bits per heavy atom. The van der Waals surface area contributed by atoms with Crippen LogP contribution in [0.4, 0.5) is 0 Å². The maximum Gasteiger partial charge on any atom is 0.343 e. The van der Waals surface area contributed by atoms with Gasteiger partial charge in [-0.25, -0.2) is 10.2 Å². The van der Waals surface area contributed by atoms with Crippen LogP contribution in [0.2, 0.25) is 0 Å². The molecule has 182 valence electrons. The summed E-state index contributed by atoms with van der Waals surface area (Å²) in [7, 11) is 1.47. The monoisotopic (exact) mass is 546 g/mol. The van der Waals surface area contributed by atoms with Gasteiger partial charge in [0.1, 0.15) is 5.75 Å². The number of carbonyl (C=O) groups excluding carboxylic acids is 2. The number of ether oxygens (including phenoxy) is 3. The molecule has 7 nitrogen and oxygen atoms in total. The molecule has 0 fully saturated rings. The van der Waals surface area contributed by atoms with Gasteiger partial charge in [0.2, 0.25) is 0 Å². The van der Waals surface area contributed by atoms with Crippen molar-refractivity contribution in [3.63, 3.8) is 0 Å². The van der Waals surface area contributed by atoms with E-state index in [1.54, 1.807) is 43.3 Å². The van der Waals surface area contributed by atoms with Crippen molar-refractivity contribution >= 4 is 44.8 Å². The molecule has 1 unspecified atom stereocenters. The third-order valence-electron chi connectivity index (χ3n) is 5.26. The summed E-state index contributed by atoms with van der Waals surface area (Å²) in [6.45, 7) is 1.66. The van der Waals surface area contributed by atoms with Crippen molar-refractivity contribution in [2.75, 3.05) is 7.11 Å². The minimum absolute atomic E-state index is 0.265. The molecule has 0 aliphatic rings. The van der Waals surface area contributed by atoms with Gasteiger partial charge in [-0.2, -0.15) is 5.10 Å². The summed E-state index contributed by atoms with van der Waals surface area (Å²) in [6.07, 6.45) is 0.702. The summed E-state index contributed by atoms with van der Waals surface area (Å²) in [4.78, 5) is 24.9. The molecule has 4 aromatic carbocycles. The van der Waals surface area contributed by atoms with Gasteiger partial charge in [-0.15, -0.1) is 0 Å². The number of nitrogens with one attached hydrogen (secondary N) is 1. The maximum absolute atomic E-state index is 12.5. The molecule has 0 aromatic heterocycles. The number of amides is 1. The Kier molecular flexibility index (Phi) is 7.97. The molecular formula is C28H23BrN2O5. The summed E-state index contributed by atoms with van der Waals surface area (Å²) in [5, 5.41) is 5.97. The fourth-order valence-corrected chi connectivity index (χ4v) is 3.83. The van der Waals surface area contributed by atoms with E-state index in [2.05, 4.69) is 26.5 Å². The molecule has 0 saturated carbocycles. The molecule has 4 aromatic rings. The van der Waals surface area contributed by atoms with Gasteiger partial charge in [-0.05, 0) is 60.3 Å². The molecule has 0 radical (unpaired) electrons. The lowest BCUT2D eigenvalue weighted by atomic mass is 10.1. The number of methoxy groups -OCH3 is 1. The Hall–Kier alpha value is -4.17. The van der Waals surface area contributed by atoms with Crippen molar-refractivity contribution in [3.8, 4) is 17.2 Å². The smallest absolute Gasteiger partial charge is 0.343 e. The third-order valence-corrected chi connectivity index (χ3v) is 5.75. The van der Waals surface area contributed by atoms with E-state index < -0.39 is 18.0 Å². The third kappa shape index (κ3) is 6.09. The van der Waals surface area contributed by atoms with E-state index in [9.17, 15) is 9.59 Å². The summed E-state index contributed by atoms with van der Waals surface area (Å²) in [6, 6.07) is 25.3. The van der Waals surface area contributed by atoms with Crippen LogP contribution in [-0.2, 0) is 4.79 Å². The highest BCUT2D eigenvalue weighted by molar-refractivity contribution is 9.10. The molecule has 1 atom stereocenters. The van der Waals surface area contributed by atoms with E-state index in [4.69, 9.17) is 14.2 Å². The summed E-state index contributed by atoms with van der Waals surface area (Å²) in [5.74, 6) is 0.327. The van der Waals surface area contributed by atoms with Crippen LogP contribution in [0, 0.1) is 0 Å². The lowest BCUT2D eigenvalue weighted by Gasteiger charge is -2.14. The standard InChI is InChI=1S/C28H23BrN2O5/c1-18(35-24-12-6-8-20-7-3-4-11-23(20)24)27(32)31-30-17-19-13-14-25(26(15-19)34-2)36-28(33)21-9-5-10-22(29)16-21/h3-18H,1-2H3,(H,31,32). The molecule has 4 rings (SSSR count). The minimum atomic E-state index is -0.762. The van der Waals surface area contributed by atoms with Gasteiger partial charge in [-0.1, -0.05) is 58.4 Å². The zero-order valence-corrected chi connectivity index (χ0v) is 21.2. The first-order valence-electron chi connectivity index (χ1n) is 11.1. The van der Waals surface area contributed by atoms with Crippen LogP contribution in [0.15, 0.2) is 94.5 Å². The van der Waals surface area contributed by atoms with Crippen molar-refractivity contribution in [2.24, 2.45) is 5.10 Å². The van der Waals surface area contributed by atoms with E-state index in [0.717, 1.165) is 15.2 Å². The van der Waals surface area contributed by atoms with Gasteiger partial charge in [-0.3, -0.25) is 4.79 Å². The van der Waals surface area contributed by atoms with Crippen molar-refractivity contribution in [3.05, 3.63) is 101 Å². The number of nitrogens with zero attached hydrogens (tertiary/aromatic N) is 1. The number of hydrogen-bond donors (Lipinski definition) is 1. The quantitative estimate of drug-likeness (QED) is 0.132. The number of carbonyl (C=O) groups is 2. The Morgan fingerprint density at radius 2 is 1.69 bits per heavy atom. The zero-order valence-electron chi connectivity index (χ0n) is 19.6. The van der Waals surface area contributed by atoms with Gasteiger partial charge in [0.05, 0.1) is 18.9 Å². The molecule has 0 aliphatic heterocycles. The van der Waals surface area contributed by atoms with Gasteiger partial charge in [0.15, 0.2) is 17.6 Å². The lowest BCUT2D eigenvalue weighted by Crippen LogP contribution is -2.33. The van der Waals surface area contributed by atoms with Crippen molar-refractivity contribution in [1.82, 2.24) is 5.43 Å². The second kappa shape index (κ2) is 11.5. The number of esters is 1. The van der Waals surface area contributed by atoms with Crippen LogP contribution in [0.3, 0.4) is 0 Å². The molecular weight excluding hydrogens is 524 g/mol. The Bertz CT molecular complexity index is 1430. The molecule has 0 saturated heterocycles. The van der Waals surface area contributed by atoms with E-state index in [0.29, 0.717) is 22.6 Å². The molecule has 1 N–H and O–H groups in total. The predicted molar refractivity (Wildman–Crippen MR) is 142 cm³/mol. The second-order valence-electron chi connectivity index (χ2n) is 7.78. The van der Waals surface area contributed by atoms with E-state index in [1.807, 2.05) is 48.5 Å². The molecule has 0 spiro atoms. The van der Waals surface area contributed by atoms with Crippen LogP contribution in [0.25, 0.3) is 10.8 Å². The molecule has 36 heavy (non-hydrogen) atoms. The number of halogens is 1. The number of fused-ring (bicyclic) bond motifs is 1. The summed E-state index contributed by atoms with van der Waals surface area (Å²) < 4.78 is 17.5. The normalized spacial score (nSPS) is 11.8. The first-order valence-corrected chi connectivity index (χ1v) is 11.9. The topological polar surface area (TPSA) is 86.2 Å². The number of hydrogen-bond acceptors (Lipinski definition) is 6. The Labute approximate surface area is 216 Å². The van der Waals surface area contributed by atoms with Gasteiger partial charge in [0, 0.05) is 9.86 Å². The first kappa shape index (κ1) is 24.9. The average Bonchev–Trinajstić information content (AvgIpc) is 2.89. The van der Waals surface area contributed by atoms with Crippen molar-refractivity contribution in [1.29, 1.82) is 0 Å². The summed E-state index contributed by atoms with van der Waals surface area (Å²) >= 11 is 3.34. The highest BCUT2D eigenvalue weighted by Gasteiger charge is 2.16. The highest BCUT2D eigenvalue weighted by atomic mass is 79.9.